The third-order valence-corrected chi connectivity index (χ3v) is 4.17. The largest absolute Gasteiger partial charge is 0.416 e. The molecule has 0 amide bonds. The molecule has 1 aromatic heterocycles. The molecule has 0 aliphatic rings. The molecule has 21 heavy (non-hydrogen) atoms. The predicted octanol–water partition coefficient (Wildman–Crippen LogP) is 4.49. The highest BCUT2D eigenvalue weighted by Gasteiger charge is 2.30. The molecule has 0 fully saturated rings. The van der Waals surface area contributed by atoms with Crippen LogP contribution in [0.3, 0.4) is 0 Å². The Hall–Kier alpha value is -1.40. The second-order valence-electron chi connectivity index (χ2n) is 5.27. The van der Waals surface area contributed by atoms with Crippen molar-refractivity contribution in [3.8, 4) is 10.6 Å². The zero-order valence-electron chi connectivity index (χ0n) is 11.9. The molecule has 2 rings (SSSR count). The fourth-order valence-electron chi connectivity index (χ4n) is 2.04. The van der Waals surface area contributed by atoms with Crippen LogP contribution in [-0.4, -0.2) is 4.98 Å². The number of nitrogens with two attached hydrogens (primary N) is 1. The van der Waals surface area contributed by atoms with Gasteiger partial charge in [-0.15, -0.1) is 11.3 Å². The van der Waals surface area contributed by atoms with E-state index in [9.17, 15) is 13.2 Å². The van der Waals surface area contributed by atoms with E-state index in [2.05, 4.69) is 18.8 Å². The molecular formula is C15H17F3N2S. The van der Waals surface area contributed by atoms with E-state index >= 15 is 0 Å². The van der Waals surface area contributed by atoms with E-state index in [1.54, 1.807) is 6.07 Å². The summed E-state index contributed by atoms with van der Waals surface area (Å²) in [6.07, 6.45) is -3.56. The van der Waals surface area contributed by atoms with Crippen LogP contribution in [0.15, 0.2) is 24.3 Å². The first kappa shape index (κ1) is 16.0. The molecule has 0 radical (unpaired) electrons. The lowest BCUT2D eigenvalue weighted by molar-refractivity contribution is -0.137. The quantitative estimate of drug-likeness (QED) is 0.903. The third-order valence-electron chi connectivity index (χ3n) is 3.00. The van der Waals surface area contributed by atoms with E-state index in [1.807, 2.05) is 0 Å². The zero-order valence-corrected chi connectivity index (χ0v) is 12.7. The van der Waals surface area contributed by atoms with Crippen LogP contribution < -0.4 is 5.73 Å². The Kier molecular flexibility index (Phi) is 4.68. The van der Waals surface area contributed by atoms with Gasteiger partial charge in [-0.1, -0.05) is 26.0 Å². The van der Waals surface area contributed by atoms with Crippen molar-refractivity contribution in [2.24, 2.45) is 11.7 Å². The molecule has 0 saturated heterocycles. The average Bonchev–Trinajstić information content (AvgIpc) is 2.80. The monoisotopic (exact) mass is 314 g/mol. The minimum absolute atomic E-state index is 0.360. The maximum Gasteiger partial charge on any atom is 0.416 e. The lowest BCUT2D eigenvalue weighted by Crippen LogP contribution is -2.04. The van der Waals surface area contributed by atoms with E-state index in [1.165, 1.54) is 17.4 Å². The Bertz CT molecular complexity index is 618. The highest BCUT2D eigenvalue weighted by Crippen LogP contribution is 2.34. The molecule has 0 bridgehead atoms. The minimum atomic E-state index is -4.34. The summed E-state index contributed by atoms with van der Waals surface area (Å²) in [5.41, 5.74) is 6.43. The number of hydrogen-bond acceptors (Lipinski definition) is 3. The van der Waals surface area contributed by atoms with Gasteiger partial charge < -0.3 is 5.73 Å². The summed E-state index contributed by atoms with van der Waals surface area (Å²) in [5, 5.41) is 0.595. The fraction of sp³-hybridized carbons (Fsp3) is 0.400. The maximum atomic E-state index is 12.8. The van der Waals surface area contributed by atoms with Gasteiger partial charge in [0.15, 0.2) is 0 Å². The number of alkyl halides is 3. The highest BCUT2D eigenvalue weighted by molar-refractivity contribution is 7.15. The van der Waals surface area contributed by atoms with Crippen molar-refractivity contribution in [3.05, 3.63) is 40.4 Å². The predicted molar refractivity (Wildman–Crippen MR) is 79.0 cm³/mol. The van der Waals surface area contributed by atoms with Crippen molar-refractivity contribution in [2.45, 2.75) is 33.0 Å². The van der Waals surface area contributed by atoms with E-state index in [4.69, 9.17) is 5.73 Å². The van der Waals surface area contributed by atoms with Crippen molar-refractivity contribution in [1.82, 2.24) is 4.98 Å². The van der Waals surface area contributed by atoms with E-state index in [0.29, 0.717) is 23.0 Å². The van der Waals surface area contributed by atoms with Crippen LogP contribution in [0.25, 0.3) is 10.6 Å². The SMILES string of the molecule is CC(C)Cc1nc(-c2cccc(C(F)(F)F)c2)sc1CN. The lowest BCUT2D eigenvalue weighted by atomic mass is 10.1. The average molecular weight is 314 g/mol. The minimum Gasteiger partial charge on any atom is -0.326 e. The lowest BCUT2D eigenvalue weighted by Gasteiger charge is -2.07. The molecule has 6 heteroatoms. The van der Waals surface area contributed by atoms with Crippen LogP contribution >= 0.6 is 11.3 Å². The van der Waals surface area contributed by atoms with Gasteiger partial charge in [-0.2, -0.15) is 13.2 Å². The number of aromatic nitrogens is 1. The van der Waals surface area contributed by atoms with Crippen LogP contribution in [0.1, 0.15) is 30.0 Å². The molecule has 0 spiro atoms. The molecular weight excluding hydrogens is 297 g/mol. The molecule has 0 saturated carbocycles. The number of thiazole rings is 1. The Labute approximate surface area is 125 Å². The van der Waals surface area contributed by atoms with Crippen molar-refractivity contribution in [1.29, 1.82) is 0 Å². The van der Waals surface area contributed by atoms with Crippen LogP contribution in [0.2, 0.25) is 0 Å². The smallest absolute Gasteiger partial charge is 0.326 e. The van der Waals surface area contributed by atoms with Gasteiger partial charge in [0.05, 0.1) is 11.3 Å². The van der Waals surface area contributed by atoms with Gasteiger partial charge in [-0.3, -0.25) is 0 Å². The summed E-state index contributed by atoms with van der Waals surface area (Å²) in [7, 11) is 0. The number of halogens is 3. The van der Waals surface area contributed by atoms with Gasteiger partial charge in [0.1, 0.15) is 5.01 Å². The van der Waals surface area contributed by atoms with Gasteiger partial charge in [0.2, 0.25) is 0 Å². The van der Waals surface area contributed by atoms with E-state index in [-0.39, 0.29) is 0 Å². The molecule has 1 heterocycles. The Morgan fingerprint density at radius 2 is 2.00 bits per heavy atom. The third kappa shape index (κ3) is 3.83. The van der Waals surface area contributed by atoms with Crippen LogP contribution in [0, 0.1) is 5.92 Å². The molecule has 0 aliphatic carbocycles. The molecule has 2 N–H and O–H groups in total. The first-order chi connectivity index (χ1) is 9.81. The Morgan fingerprint density at radius 1 is 1.29 bits per heavy atom. The highest BCUT2D eigenvalue weighted by atomic mass is 32.1. The molecule has 0 atom stereocenters. The van der Waals surface area contributed by atoms with Crippen LogP contribution in [-0.2, 0) is 19.1 Å². The maximum absolute atomic E-state index is 12.8. The zero-order chi connectivity index (χ0) is 15.6. The van der Waals surface area contributed by atoms with Crippen LogP contribution in [0.4, 0.5) is 13.2 Å². The second kappa shape index (κ2) is 6.15. The van der Waals surface area contributed by atoms with Gasteiger partial charge in [0, 0.05) is 17.0 Å². The summed E-state index contributed by atoms with van der Waals surface area (Å²) in [6, 6.07) is 5.26. The number of nitrogens with zero attached hydrogens (tertiary/aromatic N) is 1. The van der Waals surface area contributed by atoms with Gasteiger partial charge in [-0.25, -0.2) is 4.98 Å². The van der Waals surface area contributed by atoms with Gasteiger partial charge in [-0.05, 0) is 24.5 Å². The summed E-state index contributed by atoms with van der Waals surface area (Å²) in [6.45, 7) is 4.51. The molecule has 2 aromatic rings. The van der Waals surface area contributed by atoms with Gasteiger partial charge in [0.25, 0.3) is 0 Å². The first-order valence-corrected chi connectivity index (χ1v) is 7.49. The van der Waals surface area contributed by atoms with Crippen molar-refractivity contribution >= 4 is 11.3 Å². The summed E-state index contributed by atoms with van der Waals surface area (Å²) in [5.74, 6) is 0.423. The van der Waals surface area contributed by atoms with Gasteiger partial charge >= 0.3 is 6.18 Å². The van der Waals surface area contributed by atoms with E-state index < -0.39 is 11.7 Å². The number of rotatable bonds is 4. The van der Waals surface area contributed by atoms with Crippen molar-refractivity contribution < 1.29 is 13.2 Å². The molecule has 114 valence electrons. The second-order valence-corrected chi connectivity index (χ2v) is 6.35. The summed E-state index contributed by atoms with van der Waals surface area (Å²) in [4.78, 5) is 5.43. The molecule has 2 nitrogen and oxygen atoms in total. The Morgan fingerprint density at radius 3 is 2.57 bits per heavy atom. The molecule has 1 aromatic carbocycles. The topological polar surface area (TPSA) is 38.9 Å². The Balaban J connectivity index is 2.40. The normalized spacial score (nSPS) is 12.1. The molecule has 0 unspecified atom stereocenters. The summed E-state index contributed by atoms with van der Waals surface area (Å²) < 4.78 is 38.3. The van der Waals surface area contributed by atoms with E-state index in [0.717, 1.165) is 29.1 Å². The molecule has 0 aliphatic heterocycles. The summed E-state index contributed by atoms with van der Waals surface area (Å²) >= 11 is 1.37. The van der Waals surface area contributed by atoms with Crippen molar-refractivity contribution in [2.75, 3.05) is 0 Å². The first-order valence-electron chi connectivity index (χ1n) is 6.67. The van der Waals surface area contributed by atoms with Crippen LogP contribution in [0.5, 0.6) is 0 Å². The fourth-order valence-corrected chi connectivity index (χ4v) is 3.01. The van der Waals surface area contributed by atoms with Crippen molar-refractivity contribution in [3.63, 3.8) is 0 Å². The number of benzene rings is 1. The standard InChI is InChI=1S/C15H17F3N2S/c1-9(2)6-12-13(8-19)21-14(20-12)10-4-3-5-11(7-10)15(16,17)18/h3-5,7,9H,6,8,19H2,1-2H3. The number of hydrogen-bond donors (Lipinski definition) is 1.